The monoisotopic (exact) mass is 449 g/mol. The van der Waals surface area contributed by atoms with Gasteiger partial charge in [-0.15, -0.1) is 0 Å². The fourth-order valence-corrected chi connectivity index (χ4v) is 4.42. The first-order valence-electron chi connectivity index (χ1n) is 8.96. The molecule has 2 aromatic carbocycles. The first kappa shape index (κ1) is 21.7. The van der Waals surface area contributed by atoms with Crippen molar-refractivity contribution < 1.29 is 27.1 Å². The minimum absolute atomic E-state index is 0.0939. The second kappa shape index (κ2) is 9.69. The van der Waals surface area contributed by atoms with Crippen molar-refractivity contribution in [3.8, 4) is 11.5 Å². The van der Waals surface area contributed by atoms with Gasteiger partial charge in [0.05, 0.1) is 18.3 Å². The topological polar surface area (TPSA) is 94.8 Å². The number of benzene rings is 2. The summed E-state index contributed by atoms with van der Waals surface area (Å²) in [4.78, 5) is 12.3. The lowest BCUT2D eigenvalue weighted by Crippen LogP contribution is -2.34. The molecule has 0 aliphatic heterocycles. The molecule has 1 atom stereocenters. The van der Waals surface area contributed by atoms with Crippen molar-refractivity contribution in [1.82, 2.24) is 5.32 Å². The van der Waals surface area contributed by atoms with Gasteiger partial charge in [0.15, 0.2) is 16.4 Å². The Labute approximate surface area is 179 Å². The highest BCUT2D eigenvalue weighted by Gasteiger charge is 2.32. The number of ether oxygens (including phenoxy) is 2. The van der Waals surface area contributed by atoms with E-state index in [9.17, 15) is 13.2 Å². The normalized spacial score (nSPS) is 12.2. The lowest BCUT2D eigenvalue weighted by molar-refractivity contribution is -0.123. The molecule has 0 saturated heterocycles. The number of hydrogen-bond acceptors (Lipinski definition) is 6. The van der Waals surface area contributed by atoms with E-state index in [2.05, 4.69) is 5.32 Å². The molecule has 3 aromatic rings. The Morgan fingerprint density at radius 2 is 1.73 bits per heavy atom. The molecule has 1 heterocycles. The summed E-state index contributed by atoms with van der Waals surface area (Å²) < 4.78 is 42.1. The van der Waals surface area contributed by atoms with Crippen molar-refractivity contribution in [2.45, 2.75) is 10.1 Å². The minimum Gasteiger partial charge on any atom is -0.497 e. The van der Waals surface area contributed by atoms with Crippen LogP contribution in [-0.4, -0.2) is 34.6 Å². The van der Waals surface area contributed by atoms with Crippen LogP contribution in [0.2, 0.25) is 5.02 Å². The van der Waals surface area contributed by atoms with Crippen LogP contribution >= 0.6 is 11.6 Å². The Balaban J connectivity index is 1.69. The highest BCUT2D eigenvalue weighted by Crippen LogP contribution is 2.30. The molecule has 0 radical (unpaired) electrons. The Kier molecular flexibility index (Phi) is 7.02. The molecule has 9 heteroatoms. The molecule has 0 aliphatic carbocycles. The zero-order valence-electron chi connectivity index (χ0n) is 16.1. The first-order chi connectivity index (χ1) is 14.4. The molecule has 1 amide bonds. The Bertz CT molecular complexity index is 1060. The van der Waals surface area contributed by atoms with Crippen molar-refractivity contribution in [3.05, 3.63) is 77.7 Å². The lowest BCUT2D eigenvalue weighted by atomic mass is 10.3. The number of carbonyl (C=O) groups excluding carboxylic acids is 1. The molecule has 1 unspecified atom stereocenters. The Morgan fingerprint density at radius 1 is 1.07 bits per heavy atom. The fraction of sp³-hybridized carbons (Fsp3) is 0.190. The maximum absolute atomic E-state index is 13.2. The third-order valence-electron chi connectivity index (χ3n) is 4.29. The van der Waals surface area contributed by atoms with E-state index in [1.807, 2.05) is 0 Å². The number of sulfone groups is 1. The van der Waals surface area contributed by atoms with Gasteiger partial charge in [-0.25, -0.2) is 8.42 Å². The van der Waals surface area contributed by atoms with Gasteiger partial charge in [-0.05, 0) is 60.7 Å². The summed E-state index contributed by atoms with van der Waals surface area (Å²) in [5.41, 5.74) is 0. The van der Waals surface area contributed by atoms with E-state index in [4.69, 9.17) is 25.5 Å². The van der Waals surface area contributed by atoms with E-state index in [0.29, 0.717) is 16.5 Å². The largest absolute Gasteiger partial charge is 0.497 e. The number of nitrogens with one attached hydrogen (secondary N) is 1. The summed E-state index contributed by atoms with van der Waals surface area (Å²) in [6.07, 6.45) is 1.39. The van der Waals surface area contributed by atoms with Crippen molar-refractivity contribution in [2.24, 2.45) is 0 Å². The second-order valence-electron chi connectivity index (χ2n) is 6.27. The molecule has 0 bridgehead atoms. The highest BCUT2D eigenvalue weighted by atomic mass is 35.5. The van der Waals surface area contributed by atoms with E-state index in [1.54, 1.807) is 48.5 Å². The van der Waals surface area contributed by atoms with E-state index in [-0.39, 0.29) is 23.8 Å². The molecule has 7 nitrogen and oxygen atoms in total. The van der Waals surface area contributed by atoms with Crippen LogP contribution in [0.4, 0.5) is 0 Å². The molecule has 158 valence electrons. The van der Waals surface area contributed by atoms with Crippen LogP contribution in [0.1, 0.15) is 11.0 Å². The van der Waals surface area contributed by atoms with Crippen LogP contribution in [0.5, 0.6) is 11.5 Å². The van der Waals surface area contributed by atoms with Crippen LogP contribution in [-0.2, 0) is 14.6 Å². The van der Waals surface area contributed by atoms with Crippen molar-refractivity contribution in [2.75, 3.05) is 20.3 Å². The van der Waals surface area contributed by atoms with E-state index >= 15 is 0 Å². The predicted octanol–water partition coefficient (Wildman–Crippen LogP) is 3.65. The lowest BCUT2D eigenvalue weighted by Gasteiger charge is -2.17. The number of methoxy groups -OCH3 is 1. The molecule has 0 fully saturated rings. The van der Waals surface area contributed by atoms with E-state index < -0.39 is 21.0 Å². The zero-order valence-corrected chi connectivity index (χ0v) is 17.7. The van der Waals surface area contributed by atoms with Crippen LogP contribution in [0, 0.1) is 0 Å². The standard InChI is InChI=1S/C21H20ClNO6S/c1-27-16-8-10-18(11-9-16)30(25,26)20(19-3-2-12-28-19)13-23-21(24)14-29-17-6-4-15(22)5-7-17/h2-12,20H,13-14H2,1H3,(H,23,24). The van der Waals surface area contributed by atoms with Gasteiger partial charge >= 0.3 is 0 Å². The average Bonchev–Trinajstić information content (AvgIpc) is 3.27. The Hall–Kier alpha value is -2.97. The van der Waals surface area contributed by atoms with Gasteiger partial charge in [-0.1, -0.05) is 11.6 Å². The third-order valence-corrected chi connectivity index (χ3v) is 6.62. The molecular formula is C21H20ClNO6S. The number of halogens is 1. The number of hydrogen-bond donors (Lipinski definition) is 1. The molecule has 0 aliphatic rings. The predicted molar refractivity (Wildman–Crippen MR) is 112 cm³/mol. The minimum atomic E-state index is -3.84. The second-order valence-corrected chi connectivity index (χ2v) is 8.84. The van der Waals surface area contributed by atoms with Gasteiger partial charge in [-0.2, -0.15) is 0 Å². The summed E-state index contributed by atoms with van der Waals surface area (Å²) in [7, 11) is -2.34. The van der Waals surface area contributed by atoms with Gasteiger partial charge in [0.2, 0.25) is 0 Å². The number of carbonyl (C=O) groups is 1. The van der Waals surface area contributed by atoms with Crippen LogP contribution < -0.4 is 14.8 Å². The maximum atomic E-state index is 13.2. The number of amides is 1. The van der Waals surface area contributed by atoms with Gasteiger partial charge in [0.25, 0.3) is 5.91 Å². The van der Waals surface area contributed by atoms with Crippen molar-refractivity contribution >= 4 is 27.3 Å². The molecule has 0 saturated carbocycles. The van der Waals surface area contributed by atoms with Crippen molar-refractivity contribution in [3.63, 3.8) is 0 Å². The van der Waals surface area contributed by atoms with E-state index in [1.165, 1.54) is 25.5 Å². The summed E-state index contributed by atoms with van der Waals surface area (Å²) in [6, 6.07) is 15.7. The molecule has 30 heavy (non-hydrogen) atoms. The quantitative estimate of drug-likeness (QED) is 0.535. The van der Waals surface area contributed by atoms with E-state index in [0.717, 1.165) is 0 Å². The molecule has 3 rings (SSSR count). The van der Waals surface area contributed by atoms with Gasteiger partial charge in [0, 0.05) is 11.6 Å². The maximum Gasteiger partial charge on any atom is 0.257 e. The van der Waals surface area contributed by atoms with Gasteiger partial charge in [-0.3, -0.25) is 4.79 Å². The van der Waals surface area contributed by atoms with Crippen LogP contribution in [0.25, 0.3) is 0 Å². The number of rotatable bonds is 9. The summed E-state index contributed by atoms with van der Waals surface area (Å²) >= 11 is 5.81. The smallest absolute Gasteiger partial charge is 0.257 e. The highest BCUT2D eigenvalue weighted by molar-refractivity contribution is 7.91. The molecule has 1 aromatic heterocycles. The fourth-order valence-electron chi connectivity index (χ4n) is 2.70. The molecular weight excluding hydrogens is 430 g/mol. The SMILES string of the molecule is COc1ccc(S(=O)(=O)C(CNC(=O)COc2ccc(Cl)cc2)c2ccco2)cc1. The summed E-state index contributed by atoms with van der Waals surface area (Å²) in [5, 5.41) is 2.05. The average molecular weight is 450 g/mol. The summed E-state index contributed by atoms with van der Waals surface area (Å²) in [5.74, 6) is 0.773. The first-order valence-corrected chi connectivity index (χ1v) is 10.9. The molecule has 1 N–H and O–H groups in total. The van der Waals surface area contributed by atoms with Crippen LogP contribution in [0.15, 0.2) is 76.2 Å². The van der Waals surface area contributed by atoms with Gasteiger partial charge < -0.3 is 19.2 Å². The third kappa shape index (κ3) is 5.34. The molecule has 0 spiro atoms. The summed E-state index contributed by atoms with van der Waals surface area (Å²) in [6.45, 7) is -0.445. The number of furan rings is 1. The van der Waals surface area contributed by atoms with Crippen molar-refractivity contribution in [1.29, 1.82) is 0 Å². The van der Waals surface area contributed by atoms with Crippen LogP contribution in [0.3, 0.4) is 0 Å². The zero-order chi connectivity index (χ0) is 21.6. The van der Waals surface area contributed by atoms with Gasteiger partial charge in [0.1, 0.15) is 22.5 Å². The Morgan fingerprint density at radius 3 is 2.33 bits per heavy atom.